The quantitative estimate of drug-likeness (QED) is 0.483. The topological polar surface area (TPSA) is 88.6 Å². The van der Waals surface area contributed by atoms with E-state index in [1.165, 1.54) is 0 Å². The van der Waals surface area contributed by atoms with E-state index in [1.54, 1.807) is 25.3 Å². The van der Waals surface area contributed by atoms with Gasteiger partial charge in [0.2, 0.25) is 0 Å². The minimum atomic E-state index is -0.0887. The molecule has 0 heterocycles. The van der Waals surface area contributed by atoms with Crippen molar-refractivity contribution in [2.75, 3.05) is 20.3 Å². The average Bonchev–Trinajstić information content (AvgIpc) is 2.25. The highest BCUT2D eigenvalue weighted by molar-refractivity contribution is 5.97. The van der Waals surface area contributed by atoms with E-state index < -0.39 is 0 Å². The van der Waals surface area contributed by atoms with Crippen LogP contribution in [0.15, 0.2) is 18.2 Å². The number of benzene rings is 1. The second kappa shape index (κ2) is 5.21. The lowest BCUT2D eigenvalue weighted by molar-refractivity contribution is 0.200. The van der Waals surface area contributed by atoms with Gasteiger partial charge in [0.05, 0.1) is 19.3 Å². The number of hydrogen-bond acceptors (Lipinski definition) is 4. The third kappa shape index (κ3) is 2.85. The molecule has 1 aromatic rings. The maximum Gasteiger partial charge on any atom is 0.134 e. The summed E-state index contributed by atoms with van der Waals surface area (Å²) in [6, 6.07) is 4.98. The summed E-state index contributed by atoms with van der Waals surface area (Å²) in [5.41, 5.74) is 5.87. The lowest BCUT2D eigenvalue weighted by atomic mass is 10.2. The molecule has 0 saturated carbocycles. The van der Waals surface area contributed by atoms with Gasteiger partial charge in [0.15, 0.2) is 0 Å². The Morgan fingerprint density at radius 2 is 2.27 bits per heavy atom. The number of nitrogens with two attached hydrogens (primary N) is 1. The van der Waals surface area contributed by atoms with Gasteiger partial charge in [0, 0.05) is 6.07 Å². The molecule has 1 aromatic carbocycles. The van der Waals surface area contributed by atoms with Crippen LogP contribution in [0, 0.1) is 5.41 Å². The molecule has 0 aliphatic rings. The van der Waals surface area contributed by atoms with Gasteiger partial charge < -0.3 is 20.3 Å². The van der Waals surface area contributed by atoms with Crippen LogP contribution < -0.4 is 15.2 Å². The van der Waals surface area contributed by atoms with E-state index in [0.717, 1.165) is 0 Å². The molecular formula is C10H14N2O3. The third-order valence-electron chi connectivity index (χ3n) is 1.83. The molecule has 0 saturated heterocycles. The molecule has 4 N–H and O–H groups in total. The Labute approximate surface area is 87.9 Å². The maximum atomic E-state index is 8.64. The predicted octanol–water partition coefficient (Wildman–Crippen LogP) is 0.350. The minimum absolute atomic E-state index is 0.0782. The van der Waals surface area contributed by atoms with Gasteiger partial charge in [-0.1, -0.05) is 0 Å². The number of amidine groups is 1. The van der Waals surface area contributed by atoms with Crippen LogP contribution in [0.3, 0.4) is 0 Å². The fourth-order valence-electron chi connectivity index (χ4n) is 1.13. The highest BCUT2D eigenvalue weighted by Crippen LogP contribution is 2.24. The molecule has 82 valence electrons. The number of aliphatic hydroxyl groups excluding tert-OH is 1. The van der Waals surface area contributed by atoms with Crippen LogP contribution in [0.4, 0.5) is 0 Å². The Bertz CT molecular complexity index is 353. The number of nitrogen functional groups attached to an aromatic ring is 1. The average molecular weight is 210 g/mol. The number of aliphatic hydroxyl groups is 1. The molecular weight excluding hydrogens is 196 g/mol. The van der Waals surface area contributed by atoms with Gasteiger partial charge in [-0.2, -0.15) is 0 Å². The Hall–Kier alpha value is -1.75. The minimum Gasteiger partial charge on any atom is -0.497 e. The van der Waals surface area contributed by atoms with Gasteiger partial charge in [-0.3, -0.25) is 5.41 Å². The van der Waals surface area contributed by atoms with E-state index in [-0.39, 0.29) is 19.0 Å². The first-order valence-corrected chi connectivity index (χ1v) is 4.45. The van der Waals surface area contributed by atoms with E-state index in [4.69, 9.17) is 25.7 Å². The molecule has 0 unspecified atom stereocenters. The molecule has 0 aromatic heterocycles. The summed E-state index contributed by atoms with van der Waals surface area (Å²) in [7, 11) is 1.54. The molecule has 0 aliphatic carbocycles. The zero-order valence-corrected chi connectivity index (χ0v) is 8.49. The molecule has 0 bridgehead atoms. The summed E-state index contributed by atoms with van der Waals surface area (Å²) in [5, 5.41) is 16.0. The van der Waals surface area contributed by atoms with Crippen LogP contribution >= 0.6 is 0 Å². The SMILES string of the molecule is COc1ccc(C(=N)N)c(OCCO)c1. The summed E-state index contributed by atoms with van der Waals surface area (Å²) in [6.45, 7) is 0.0714. The van der Waals surface area contributed by atoms with E-state index in [2.05, 4.69) is 0 Å². The molecule has 0 atom stereocenters. The summed E-state index contributed by atoms with van der Waals surface area (Å²) in [5.74, 6) is 0.981. The Morgan fingerprint density at radius 3 is 2.80 bits per heavy atom. The van der Waals surface area contributed by atoms with Gasteiger partial charge in [0.25, 0.3) is 0 Å². The Morgan fingerprint density at radius 1 is 1.53 bits per heavy atom. The smallest absolute Gasteiger partial charge is 0.134 e. The molecule has 5 heteroatoms. The monoisotopic (exact) mass is 210 g/mol. The van der Waals surface area contributed by atoms with Crippen LogP contribution in [0.25, 0.3) is 0 Å². The molecule has 0 spiro atoms. The first-order chi connectivity index (χ1) is 7.19. The summed E-state index contributed by atoms with van der Waals surface area (Å²) in [6.07, 6.45) is 0. The Kier molecular flexibility index (Phi) is 3.93. The zero-order valence-electron chi connectivity index (χ0n) is 8.49. The third-order valence-corrected chi connectivity index (χ3v) is 1.83. The largest absolute Gasteiger partial charge is 0.497 e. The van der Waals surface area contributed by atoms with Gasteiger partial charge >= 0.3 is 0 Å². The number of rotatable bonds is 5. The maximum absolute atomic E-state index is 8.64. The van der Waals surface area contributed by atoms with Crippen LogP contribution in [-0.4, -0.2) is 31.3 Å². The lowest BCUT2D eigenvalue weighted by Crippen LogP contribution is -2.14. The lowest BCUT2D eigenvalue weighted by Gasteiger charge is -2.11. The first kappa shape index (κ1) is 11.3. The fraction of sp³-hybridized carbons (Fsp3) is 0.300. The molecule has 1 rings (SSSR count). The van der Waals surface area contributed by atoms with Crippen molar-refractivity contribution in [1.82, 2.24) is 0 Å². The highest BCUT2D eigenvalue weighted by Gasteiger charge is 2.07. The van der Waals surface area contributed by atoms with Crippen molar-refractivity contribution >= 4 is 5.84 Å². The van der Waals surface area contributed by atoms with Gasteiger partial charge in [-0.25, -0.2) is 0 Å². The van der Waals surface area contributed by atoms with Gasteiger partial charge in [-0.15, -0.1) is 0 Å². The fourth-order valence-corrected chi connectivity index (χ4v) is 1.13. The van der Waals surface area contributed by atoms with Gasteiger partial charge in [-0.05, 0) is 12.1 Å². The Balaban J connectivity index is 2.99. The van der Waals surface area contributed by atoms with Crippen molar-refractivity contribution in [2.45, 2.75) is 0 Å². The van der Waals surface area contributed by atoms with Gasteiger partial charge in [0.1, 0.15) is 23.9 Å². The number of methoxy groups -OCH3 is 1. The summed E-state index contributed by atoms with van der Waals surface area (Å²) < 4.78 is 10.3. The van der Waals surface area contributed by atoms with E-state index in [0.29, 0.717) is 17.1 Å². The van der Waals surface area contributed by atoms with Crippen LogP contribution in [0.5, 0.6) is 11.5 Å². The molecule has 0 radical (unpaired) electrons. The van der Waals surface area contributed by atoms with E-state index >= 15 is 0 Å². The van der Waals surface area contributed by atoms with Crippen molar-refractivity contribution in [3.05, 3.63) is 23.8 Å². The number of nitrogens with one attached hydrogen (secondary N) is 1. The van der Waals surface area contributed by atoms with Crippen LogP contribution in [0.1, 0.15) is 5.56 Å². The molecule has 0 aliphatic heterocycles. The normalized spacial score (nSPS) is 9.73. The van der Waals surface area contributed by atoms with E-state index in [1.807, 2.05) is 0 Å². The second-order valence-electron chi connectivity index (χ2n) is 2.85. The van der Waals surface area contributed by atoms with Crippen LogP contribution in [-0.2, 0) is 0 Å². The van der Waals surface area contributed by atoms with Crippen molar-refractivity contribution in [3.63, 3.8) is 0 Å². The second-order valence-corrected chi connectivity index (χ2v) is 2.85. The molecule has 0 amide bonds. The van der Waals surface area contributed by atoms with Crippen molar-refractivity contribution in [1.29, 1.82) is 5.41 Å². The number of ether oxygens (including phenoxy) is 2. The first-order valence-electron chi connectivity index (χ1n) is 4.45. The van der Waals surface area contributed by atoms with Crippen molar-refractivity contribution < 1.29 is 14.6 Å². The zero-order chi connectivity index (χ0) is 11.3. The van der Waals surface area contributed by atoms with Crippen LogP contribution in [0.2, 0.25) is 0 Å². The summed E-state index contributed by atoms with van der Waals surface area (Å²) >= 11 is 0. The predicted molar refractivity (Wildman–Crippen MR) is 56.6 cm³/mol. The highest BCUT2D eigenvalue weighted by atomic mass is 16.5. The standard InChI is InChI=1S/C10H14N2O3/c1-14-7-2-3-8(10(11)12)9(6-7)15-5-4-13/h2-3,6,13H,4-5H2,1H3,(H3,11,12). The number of hydrogen-bond donors (Lipinski definition) is 3. The van der Waals surface area contributed by atoms with Crippen molar-refractivity contribution in [3.8, 4) is 11.5 Å². The molecule has 5 nitrogen and oxygen atoms in total. The molecule has 0 fully saturated rings. The van der Waals surface area contributed by atoms with Crippen molar-refractivity contribution in [2.24, 2.45) is 5.73 Å². The summed E-state index contributed by atoms with van der Waals surface area (Å²) in [4.78, 5) is 0. The molecule has 15 heavy (non-hydrogen) atoms. The van der Waals surface area contributed by atoms with E-state index in [9.17, 15) is 0 Å².